The molecule has 1 unspecified atom stereocenters. The Kier molecular flexibility index (Phi) is 4.08. The van der Waals surface area contributed by atoms with Crippen molar-refractivity contribution < 1.29 is 19.1 Å². The van der Waals surface area contributed by atoms with Gasteiger partial charge in [-0.3, -0.25) is 9.59 Å². The standard InChI is InChI=1S/C18H25NO4/c1-11-15-13(21)7-18(2,3)8-14(15)23-16(11)17(22)19-6-4-5-12(9-19)10-20/h12,20H,4-10H2,1-3H3. The Bertz CT molecular complexity index is 644. The van der Waals surface area contributed by atoms with E-state index in [1.807, 2.05) is 13.8 Å². The van der Waals surface area contributed by atoms with Crippen molar-refractivity contribution in [2.75, 3.05) is 19.7 Å². The molecule has 1 fully saturated rings. The number of aliphatic hydroxyl groups excluding tert-OH is 1. The molecule has 5 heteroatoms. The smallest absolute Gasteiger partial charge is 0.289 e. The molecular formula is C18H25NO4. The van der Waals surface area contributed by atoms with E-state index in [9.17, 15) is 14.7 Å². The van der Waals surface area contributed by atoms with E-state index in [1.54, 1.807) is 11.8 Å². The second kappa shape index (κ2) is 5.78. The van der Waals surface area contributed by atoms with Crippen LogP contribution >= 0.6 is 0 Å². The summed E-state index contributed by atoms with van der Waals surface area (Å²) in [6.45, 7) is 7.23. The van der Waals surface area contributed by atoms with Gasteiger partial charge in [0.2, 0.25) is 0 Å². The van der Waals surface area contributed by atoms with E-state index in [4.69, 9.17) is 4.42 Å². The fourth-order valence-electron chi connectivity index (χ4n) is 3.83. The number of hydrogen-bond donors (Lipinski definition) is 1. The van der Waals surface area contributed by atoms with Crippen molar-refractivity contribution in [1.29, 1.82) is 0 Å². The highest BCUT2D eigenvalue weighted by molar-refractivity contribution is 6.03. The molecule has 1 amide bonds. The number of piperidine rings is 1. The van der Waals surface area contributed by atoms with Crippen molar-refractivity contribution in [2.45, 2.75) is 46.5 Å². The molecule has 2 heterocycles. The molecule has 23 heavy (non-hydrogen) atoms. The molecule has 1 atom stereocenters. The van der Waals surface area contributed by atoms with Gasteiger partial charge in [0.25, 0.3) is 5.91 Å². The van der Waals surface area contributed by atoms with Crippen LogP contribution in [0, 0.1) is 18.3 Å². The van der Waals surface area contributed by atoms with Gasteiger partial charge in [0.1, 0.15) is 5.76 Å². The number of nitrogens with zero attached hydrogens (tertiary/aromatic N) is 1. The first-order valence-electron chi connectivity index (χ1n) is 8.38. The van der Waals surface area contributed by atoms with Crippen LogP contribution in [-0.4, -0.2) is 41.4 Å². The van der Waals surface area contributed by atoms with Crippen LogP contribution < -0.4 is 0 Å². The van der Waals surface area contributed by atoms with Crippen LogP contribution in [0.15, 0.2) is 4.42 Å². The van der Waals surface area contributed by atoms with Crippen LogP contribution in [0.5, 0.6) is 0 Å². The van der Waals surface area contributed by atoms with Gasteiger partial charge < -0.3 is 14.4 Å². The quantitative estimate of drug-likeness (QED) is 0.909. The Balaban J connectivity index is 1.90. The maximum absolute atomic E-state index is 12.8. The molecule has 126 valence electrons. The summed E-state index contributed by atoms with van der Waals surface area (Å²) in [5, 5.41) is 9.33. The normalized spacial score (nSPS) is 23.7. The zero-order chi connectivity index (χ0) is 16.8. The first-order valence-corrected chi connectivity index (χ1v) is 8.38. The number of ketones is 1. The van der Waals surface area contributed by atoms with E-state index in [0.717, 1.165) is 12.8 Å². The number of hydrogen-bond acceptors (Lipinski definition) is 4. The second-order valence-electron chi connectivity index (χ2n) is 7.74. The zero-order valence-corrected chi connectivity index (χ0v) is 14.1. The van der Waals surface area contributed by atoms with Crippen LogP contribution in [0.1, 0.15) is 65.3 Å². The average molecular weight is 319 g/mol. The summed E-state index contributed by atoms with van der Waals surface area (Å²) in [6, 6.07) is 0. The van der Waals surface area contributed by atoms with Gasteiger partial charge in [-0.25, -0.2) is 0 Å². The van der Waals surface area contributed by atoms with E-state index in [1.165, 1.54) is 0 Å². The minimum atomic E-state index is -0.152. The lowest BCUT2D eigenvalue weighted by molar-refractivity contribution is 0.0585. The van der Waals surface area contributed by atoms with Gasteiger partial charge in [0.05, 0.1) is 5.56 Å². The predicted octanol–water partition coefficient (Wildman–Crippen LogP) is 2.59. The second-order valence-corrected chi connectivity index (χ2v) is 7.74. The number of Topliss-reactive ketones (excluding diaryl/α,β-unsaturated/α-hetero) is 1. The van der Waals surface area contributed by atoms with Crippen molar-refractivity contribution in [3.05, 3.63) is 22.6 Å². The van der Waals surface area contributed by atoms with E-state index < -0.39 is 0 Å². The van der Waals surface area contributed by atoms with E-state index >= 15 is 0 Å². The van der Waals surface area contributed by atoms with Gasteiger partial charge in [-0.05, 0) is 31.1 Å². The Morgan fingerprint density at radius 1 is 1.39 bits per heavy atom. The molecular weight excluding hydrogens is 294 g/mol. The maximum Gasteiger partial charge on any atom is 0.289 e. The molecule has 0 radical (unpaired) electrons. The number of rotatable bonds is 2. The summed E-state index contributed by atoms with van der Waals surface area (Å²) in [6.07, 6.45) is 3.01. The molecule has 0 aromatic carbocycles. The third-order valence-electron chi connectivity index (χ3n) is 5.04. The largest absolute Gasteiger partial charge is 0.455 e. The van der Waals surface area contributed by atoms with Crippen molar-refractivity contribution in [2.24, 2.45) is 11.3 Å². The van der Waals surface area contributed by atoms with Crippen molar-refractivity contribution >= 4 is 11.7 Å². The van der Waals surface area contributed by atoms with Gasteiger partial charge in [-0.15, -0.1) is 0 Å². The third kappa shape index (κ3) is 2.94. The molecule has 5 nitrogen and oxygen atoms in total. The molecule has 0 bridgehead atoms. The molecule has 0 spiro atoms. The SMILES string of the molecule is Cc1c(C(=O)N2CCCC(CO)C2)oc2c1C(=O)CC(C)(C)C2. The molecule has 0 saturated carbocycles. The van der Waals surface area contributed by atoms with Crippen molar-refractivity contribution in [1.82, 2.24) is 4.90 Å². The van der Waals surface area contributed by atoms with Crippen LogP contribution in [0.2, 0.25) is 0 Å². The minimum absolute atomic E-state index is 0.0726. The number of furan rings is 1. The van der Waals surface area contributed by atoms with Crippen molar-refractivity contribution in [3.63, 3.8) is 0 Å². The summed E-state index contributed by atoms with van der Waals surface area (Å²) in [4.78, 5) is 27.0. The van der Waals surface area contributed by atoms with Crippen LogP contribution in [0.25, 0.3) is 0 Å². The first kappa shape index (κ1) is 16.2. The molecule has 1 aromatic heterocycles. The summed E-state index contributed by atoms with van der Waals surface area (Å²) in [5.74, 6) is 1.02. The zero-order valence-electron chi connectivity index (χ0n) is 14.1. The lowest BCUT2D eigenvalue weighted by Crippen LogP contribution is -2.41. The number of fused-ring (bicyclic) bond motifs is 1. The Labute approximate surface area is 136 Å². The minimum Gasteiger partial charge on any atom is -0.455 e. The summed E-state index contributed by atoms with van der Waals surface area (Å²) >= 11 is 0. The number of aliphatic hydroxyl groups is 1. The lowest BCUT2D eigenvalue weighted by Gasteiger charge is -2.31. The van der Waals surface area contributed by atoms with E-state index in [-0.39, 0.29) is 29.6 Å². The topological polar surface area (TPSA) is 70.8 Å². The molecule has 1 aliphatic heterocycles. The van der Waals surface area contributed by atoms with E-state index in [0.29, 0.717) is 48.6 Å². The van der Waals surface area contributed by atoms with Crippen LogP contribution in [-0.2, 0) is 6.42 Å². The molecule has 1 N–H and O–H groups in total. The van der Waals surface area contributed by atoms with Crippen molar-refractivity contribution in [3.8, 4) is 0 Å². The highest BCUT2D eigenvalue weighted by atomic mass is 16.4. The fourth-order valence-corrected chi connectivity index (χ4v) is 3.83. The number of carbonyl (C=O) groups is 2. The Hall–Kier alpha value is -1.62. The Morgan fingerprint density at radius 2 is 2.13 bits per heavy atom. The maximum atomic E-state index is 12.8. The van der Waals surface area contributed by atoms with Crippen LogP contribution in [0.4, 0.5) is 0 Å². The van der Waals surface area contributed by atoms with Gasteiger partial charge in [0.15, 0.2) is 11.5 Å². The first-order chi connectivity index (χ1) is 10.8. The van der Waals surface area contributed by atoms with Gasteiger partial charge in [0, 0.05) is 38.1 Å². The highest BCUT2D eigenvalue weighted by Crippen LogP contribution is 2.38. The molecule has 1 saturated heterocycles. The molecule has 2 aliphatic rings. The summed E-state index contributed by atoms with van der Waals surface area (Å²) in [5.41, 5.74) is 1.17. The predicted molar refractivity (Wildman–Crippen MR) is 85.6 cm³/mol. The monoisotopic (exact) mass is 319 g/mol. The number of amides is 1. The summed E-state index contributed by atoms with van der Waals surface area (Å²) in [7, 11) is 0. The fraction of sp³-hybridized carbons (Fsp3) is 0.667. The molecule has 3 rings (SSSR count). The molecule has 1 aromatic rings. The van der Waals surface area contributed by atoms with E-state index in [2.05, 4.69) is 0 Å². The Morgan fingerprint density at radius 3 is 2.83 bits per heavy atom. The highest BCUT2D eigenvalue weighted by Gasteiger charge is 2.38. The average Bonchev–Trinajstić information content (AvgIpc) is 2.82. The number of carbonyl (C=O) groups excluding carboxylic acids is 2. The van der Waals surface area contributed by atoms with Gasteiger partial charge in [-0.2, -0.15) is 0 Å². The van der Waals surface area contributed by atoms with Crippen LogP contribution in [0.3, 0.4) is 0 Å². The lowest BCUT2D eigenvalue weighted by atomic mass is 9.76. The van der Waals surface area contributed by atoms with Gasteiger partial charge >= 0.3 is 0 Å². The summed E-state index contributed by atoms with van der Waals surface area (Å²) < 4.78 is 5.85. The van der Waals surface area contributed by atoms with Gasteiger partial charge in [-0.1, -0.05) is 13.8 Å². The molecule has 1 aliphatic carbocycles. The number of likely N-dealkylation sites (tertiary alicyclic amines) is 1. The third-order valence-corrected chi connectivity index (χ3v) is 5.04.